The summed E-state index contributed by atoms with van der Waals surface area (Å²) in [6, 6.07) is 0. The topological polar surface area (TPSA) is 60.2 Å². The maximum absolute atomic E-state index is 5.37. The number of hydrogen-bond acceptors (Lipinski definition) is 5. The zero-order valence-electron chi connectivity index (χ0n) is 10.1. The number of ether oxygens (including phenoxy) is 1. The van der Waals surface area contributed by atoms with Crippen LogP contribution in [0.3, 0.4) is 0 Å². The van der Waals surface area contributed by atoms with Crippen LogP contribution in [0.4, 0.5) is 0 Å². The number of nitrogens with zero attached hydrogens (tertiary/aromatic N) is 2. The van der Waals surface area contributed by atoms with E-state index >= 15 is 0 Å². The summed E-state index contributed by atoms with van der Waals surface area (Å²) in [5, 5.41) is 7.30. The minimum atomic E-state index is -0.0770. The molecule has 5 heteroatoms. The Morgan fingerprint density at radius 2 is 2.31 bits per heavy atom. The number of hydrogen-bond donors (Lipinski definition) is 1. The molecule has 2 atom stereocenters. The van der Waals surface area contributed by atoms with Crippen molar-refractivity contribution in [1.29, 1.82) is 0 Å². The lowest BCUT2D eigenvalue weighted by molar-refractivity contribution is 0.0555. The van der Waals surface area contributed by atoms with Crippen LogP contribution in [-0.2, 0) is 4.74 Å². The van der Waals surface area contributed by atoms with Crippen LogP contribution in [0.15, 0.2) is 4.52 Å². The lowest BCUT2D eigenvalue weighted by Gasteiger charge is -2.14. The Hall–Kier alpha value is -0.940. The number of methoxy groups -OCH3 is 1. The Kier molecular flexibility index (Phi) is 3.56. The lowest BCUT2D eigenvalue weighted by Crippen LogP contribution is -2.11. The van der Waals surface area contributed by atoms with Crippen LogP contribution >= 0.6 is 0 Å². The first kappa shape index (κ1) is 11.5. The molecule has 1 aromatic rings. The van der Waals surface area contributed by atoms with E-state index in [0.29, 0.717) is 17.7 Å². The van der Waals surface area contributed by atoms with Crippen LogP contribution in [0.5, 0.6) is 0 Å². The molecule has 0 spiro atoms. The van der Waals surface area contributed by atoms with Crippen molar-refractivity contribution in [2.24, 2.45) is 5.92 Å². The molecule has 1 N–H and O–H groups in total. The van der Waals surface area contributed by atoms with Crippen LogP contribution in [0.2, 0.25) is 0 Å². The highest BCUT2D eigenvalue weighted by molar-refractivity contribution is 5.00. The maximum atomic E-state index is 5.37. The molecule has 5 nitrogen and oxygen atoms in total. The Labute approximate surface area is 95.6 Å². The van der Waals surface area contributed by atoms with Gasteiger partial charge in [-0.15, -0.1) is 0 Å². The average Bonchev–Trinajstić information content (AvgIpc) is 2.86. The van der Waals surface area contributed by atoms with Crippen molar-refractivity contribution >= 4 is 0 Å². The van der Waals surface area contributed by atoms with Crippen molar-refractivity contribution < 1.29 is 9.26 Å². The molecule has 90 valence electrons. The van der Waals surface area contributed by atoms with E-state index in [2.05, 4.69) is 29.3 Å². The second-order valence-corrected chi connectivity index (χ2v) is 4.58. The van der Waals surface area contributed by atoms with Gasteiger partial charge in [0.2, 0.25) is 11.7 Å². The number of aromatic nitrogens is 2. The first-order chi connectivity index (χ1) is 7.72. The Morgan fingerprint density at radius 1 is 1.50 bits per heavy atom. The molecule has 0 aromatic carbocycles. The summed E-state index contributed by atoms with van der Waals surface area (Å²) in [4.78, 5) is 4.44. The van der Waals surface area contributed by atoms with Crippen molar-refractivity contribution in [3.63, 3.8) is 0 Å². The molecule has 0 amide bonds. The molecular weight excluding hydrogens is 206 g/mol. The summed E-state index contributed by atoms with van der Waals surface area (Å²) in [7, 11) is 1.68. The third-order valence-corrected chi connectivity index (χ3v) is 2.98. The van der Waals surface area contributed by atoms with E-state index in [0.717, 1.165) is 25.4 Å². The number of nitrogens with one attached hydrogen (secondary N) is 1. The summed E-state index contributed by atoms with van der Waals surface area (Å²) in [6.45, 7) is 6.13. The quantitative estimate of drug-likeness (QED) is 0.841. The monoisotopic (exact) mass is 225 g/mol. The van der Waals surface area contributed by atoms with Gasteiger partial charge in [-0.25, -0.2) is 0 Å². The second-order valence-electron chi connectivity index (χ2n) is 4.58. The molecule has 1 saturated heterocycles. The van der Waals surface area contributed by atoms with Crippen LogP contribution < -0.4 is 5.32 Å². The van der Waals surface area contributed by atoms with Gasteiger partial charge < -0.3 is 14.6 Å². The maximum Gasteiger partial charge on any atom is 0.231 e. The molecule has 0 saturated carbocycles. The predicted molar refractivity (Wildman–Crippen MR) is 59.1 cm³/mol. The van der Waals surface area contributed by atoms with Crippen molar-refractivity contribution in [3.8, 4) is 0 Å². The minimum absolute atomic E-state index is 0.0770. The highest BCUT2D eigenvalue weighted by atomic mass is 16.5. The summed E-state index contributed by atoms with van der Waals surface area (Å²) in [5.74, 6) is 2.12. The normalized spacial score (nSPS) is 22.9. The van der Waals surface area contributed by atoms with Gasteiger partial charge in [0.25, 0.3) is 0 Å². The zero-order chi connectivity index (χ0) is 11.5. The fourth-order valence-corrected chi connectivity index (χ4v) is 2.07. The number of rotatable bonds is 4. The fraction of sp³-hybridized carbons (Fsp3) is 0.818. The third kappa shape index (κ3) is 2.25. The molecule has 2 unspecified atom stereocenters. The predicted octanol–water partition coefficient (Wildman–Crippen LogP) is 1.49. The Balaban J connectivity index is 2.11. The molecule has 0 aliphatic carbocycles. The van der Waals surface area contributed by atoms with Gasteiger partial charge in [-0.05, 0) is 18.9 Å². The third-order valence-electron chi connectivity index (χ3n) is 2.98. The molecule has 0 bridgehead atoms. The fourth-order valence-electron chi connectivity index (χ4n) is 2.07. The standard InChI is InChI=1S/C11H19N3O2/c1-7(2)9(15-3)10-13-11(16-14-10)8-4-5-12-6-8/h7-9,12H,4-6H2,1-3H3. The SMILES string of the molecule is COC(c1noc(C2CCNC2)n1)C(C)C. The van der Waals surface area contributed by atoms with E-state index in [-0.39, 0.29) is 6.10 Å². The molecule has 1 fully saturated rings. The van der Waals surface area contributed by atoms with Gasteiger partial charge in [0.1, 0.15) is 6.10 Å². The molecule has 16 heavy (non-hydrogen) atoms. The first-order valence-electron chi connectivity index (χ1n) is 5.79. The van der Waals surface area contributed by atoms with E-state index in [4.69, 9.17) is 9.26 Å². The summed E-state index contributed by atoms with van der Waals surface area (Å²) < 4.78 is 10.7. The second kappa shape index (κ2) is 4.93. The van der Waals surface area contributed by atoms with Crippen LogP contribution in [-0.4, -0.2) is 30.3 Å². The molecule has 1 aliphatic rings. The summed E-state index contributed by atoms with van der Waals surface area (Å²) in [6.07, 6.45) is 0.993. The van der Waals surface area contributed by atoms with E-state index in [1.165, 1.54) is 0 Å². The average molecular weight is 225 g/mol. The van der Waals surface area contributed by atoms with Crippen LogP contribution in [0.25, 0.3) is 0 Å². The molecule has 2 rings (SSSR count). The lowest BCUT2D eigenvalue weighted by atomic mass is 10.1. The van der Waals surface area contributed by atoms with E-state index in [1.54, 1.807) is 7.11 Å². The van der Waals surface area contributed by atoms with Crippen molar-refractivity contribution in [2.75, 3.05) is 20.2 Å². The molecule has 2 heterocycles. The van der Waals surface area contributed by atoms with Crippen LogP contribution in [0, 0.1) is 5.92 Å². The van der Waals surface area contributed by atoms with Gasteiger partial charge in [0.15, 0.2) is 0 Å². The van der Waals surface area contributed by atoms with Gasteiger partial charge in [0.05, 0.1) is 5.92 Å². The van der Waals surface area contributed by atoms with Gasteiger partial charge in [0, 0.05) is 13.7 Å². The molecule has 0 radical (unpaired) electrons. The smallest absolute Gasteiger partial charge is 0.231 e. The molecular formula is C11H19N3O2. The summed E-state index contributed by atoms with van der Waals surface area (Å²) in [5.41, 5.74) is 0. The van der Waals surface area contributed by atoms with Gasteiger partial charge >= 0.3 is 0 Å². The minimum Gasteiger partial charge on any atom is -0.373 e. The van der Waals surface area contributed by atoms with Crippen molar-refractivity contribution in [1.82, 2.24) is 15.5 Å². The van der Waals surface area contributed by atoms with E-state index < -0.39 is 0 Å². The van der Waals surface area contributed by atoms with Crippen molar-refractivity contribution in [2.45, 2.75) is 32.3 Å². The van der Waals surface area contributed by atoms with Gasteiger partial charge in [-0.2, -0.15) is 4.98 Å². The molecule has 1 aliphatic heterocycles. The highest BCUT2D eigenvalue weighted by Crippen LogP contribution is 2.26. The van der Waals surface area contributed by atoms with Crippen LogP contribution in [0.1, 0.15) is 44.0 Å². The van der Waals surface area contributed by atoms with E-state index in [1.807, 2.05) is 0 Å². The molecule has 1 aromatic heterocycles. The first-order valence-corrected chi connectivity index (χ1v) is 5.79. The highest BCUT2D eigenvalue weighted by Gasteiger charge is 2.26. The largest absolute Gasteiger partial charge is 0.373 e. The summed E-state index contributed by atoms with van der Waals surface area (Å²) >= 11 is 0. The Bertz CT molecular complexity index is 332. The van der Waals surface area contributed by atoms with Crippen molar-refractivity contribution in [3.05, 3.63) is 11.7 Å². The van der Waals surface area contributed by atoms with Gasteiger partial charge in [-0.3, -0.25) is 0 Å². The Morgan fingerprint density at radius 3 is 2.88 bits per heavy atom. The van der Waals surface area contributed by atoms with E-state index in [9.17, 15) is 0 Å². The van der Waals surface area contributed by atoms with Gasteiger partial charge in [-0.1, -0.05) is 19.0 Å². The zero-order valence-corrected chi connectivity index (χ0v) is 10.1.